The van der Waals surface area contributed by atoms with E-state index < -0.39 is 12.0 Å². The number of benzene rings is 1. The zero-order valence-electron chi connectivity index (χ0n) is 9.64. The third-order valence-corrected chi connectivity index (χ3v) is 3.50. The van der Waals surface area contributed by atoms with Crippen LogP contribution in [0.2, 0.25) is 0 Å². The third kappa shape index (κ3) is 2.79. The van der Waals surface area contributed by atoms with Gasteiger partial charge in [-0.05, 0) is 25.2 Å². The second-order valence-electron chi connectivity index (χ2n) is 4.29. The van der Waals surface area contributed by atoms with E-state index in [1.54, 1.807) is 0 Å². The highest BCUT2D eigenvalue weighted by atomic mass is 79.9. The fraction of sp³-hybridized carbons (Fsp3) is 0.417. The number of carboxylic acids is 1. The maximum absolute atomic E-state index is 11.3. The molecule has 0 aliphatic carbocycles. The third-order valence-electron chi connectivity index (χ3n) is 3.01. The largest absolute Gasteiger partial charge is 0.480 e. The first kappa shape index (κ1) is 12.4. The molecule has 1 unspecified atom stereocenters. The summed E-state index contributed by atoms with van der Waals surface area (Å²) in [7, 11) is 1.95. The molecule has 0 spiro atoms. The highest BCUT2D eigenvalue weighted by molar-refractivity contribution is 9.10. The summed E-state index contributed by atoms with van der Waals surface area (Å²) in [5.41, 5.74) is 0.958. The molecule has 0 amide bonds. The molecule has 1 aliphatic heterocycles. The van der Waals surface area contributed by atoms with Crippen molar-refractivity contribution in [2.24, 2.45) is 0 Å². The van der Waals surface area contributed by atoms with E-state index in [1.165, 1.54) is 0 Å². The zero-order chi connectivity index (χ0) is 12.4. The van der Waals surface area contributed by atoms with Crippen LogP contribution in [0.4, 0.5) is 5.69 Å². The van der Waals surface area contributed by atoms with Crippen molar-refractivity contribution in [2.75, 3.05) is 31.6 Å². The van der Waals surface area contributed by atoms with Crippen molar-refractivity contribution < 1.29 is 9.90 Å². The second kappa shape index (κ2) is 5.06. The van der Waals surface area contributed by atoms with Gasteiger partial charge < -0.3 is 14.9 Å². The summed E-state index contributed by atoms with van der Waals surface area (Å²) < 4.78 is 0.970. The molecule has 1 heterocycles. The molecule has 1 atom stereocenters. The molecule has 1 N–H and O–H groups in total. The summed E-state index contributed by atoms with van der Waals surface area (Å²) in [5, 5.41) is 9.28. The Labute approximate surface area is 109 Å². The van der Waals surface area contributed by atoms with Gasteiger partial charge in [-0.3, -0.25) is 0 Å². The first-order chi connectivity index (χ1) is 8.08. The predicted molar refractivity (Wildman–Crippen MR) is 70.4 cm³/mol. The number of anilines is 1. The van der Waals surface area contributed by atoms with Crippen molar-refractivity contribution in [3.63, 3.8) is 0 Å². The number of carbonyl (C=O) groups is 1. The van der Waals surface area contributed by atoms with Gasteiger partial charge in [0.2, 0.25) is 0 Å². The Balaban J connectivity index is 2.26. The molecule has 0 saturated carbocycles. The minimum absolute atomic E-state index is 0.469. The number of likely N-dealkylation sites (N-methyl/N-ethyl adjacent to an activating group) is 1. The molecular weight excluding hydrogens is 284 g/mol. The van der Waals surface area contributed by atoms with E-state index in [2.05, 4.69) is 15.9 Å². The molecule has 1 aromatic rings. The van der Waals surface area contributed by atoms with Crippen molar-refractivity contribution in [3.8, 4) is 0 Å². The number of aliphatic carboxylic acids is 1. The Morgan fingerprint density at radius 1 is 1.47 bits per heavy atom. The van der Waals surface area contributed by atoms with Gasteiger partial charge in [0.1, 0.15) is 6.04 Å². The average molecular weight is 299 g/mol. The summed E-state index contributed by atoms with van der Waals surface area (Å²) in [6.07, 6.45) is 0. The molecule has 5 heteroatoms. The van der Waals surface area contributed by atoms with Crippen LogP contribution in [0.1, 0.15) is 0 Å². The standard InChI is InChI=1S/C12H15BrN2O2/c1-14-5-6-15(11(8-14)12(16)17)10-4-2-3-9(13)7-10/h2-4,7,11H,5-6,8H2,1H3,(H,16,17). The number of rotatable bonds is 2. The molecule has 0 aromatic heterocycles. The maximum atomic E-state index is 11.3. The smallest absolute Gasteiger partial charge is 0.327 e. The zero-order valence-corrected chi connectivity index (χ0v) is 11.2. The molecule has 1 aliphatic rings. The first-order valence-electron chi connectivity index (χ1n) is 5.51. The molecule has 1 fully saturated rings. The fourth-order valence-corrected chi connectivity index (χ4v) is 2.48. The van der Waals surface area contributed by atoms with Gasteiger partial charge in [0, 0.05) is 29.8 Å². The maximum Gasteiger partial charge on any atom is 0.327 e. The summed E-state index contributed by atoms with van der Waals surface area (Å²) in [6, 6.07) is 7.31. The number of hydrogen-bond donors (Lipinski definition) is 1. The molecule has 0 bridgehead atoms. The van der Waals surface area contributed by atoms with Crippen LogP contribution in [0.3, 0.4) is 0 Å². The lowest BCUT2D eigenvalue weighted by molar-refractivity contribution is -0.139. The highest BCUT2D eigenvalue weighted by Crippen LogP contribution is 2.23. The normalized spacial score (nSPS) is 21.5. The van der Waals surface area contributed by atoms with Crippen LogP contribution in [-0.2, 0) is 4.79 Å². The fourth-order valence-electron chi connectivity index (χ4n) is 2.09. The topological polar surface area (TPSA) is 43.8 Å². The van der Waals surface area contributed by atoms with Crippen LogP contribution >= 0.6 is 15.9 Å². The van der Waals surface area contributed by atoms with Crippen molar-refractivity contribution in [1.82, 2.24) is 4.90 Å². The minimum atomic E-state index is -0.767. The lowest BCUT2D eigenvalue weighted by atomic mass is 10.1. The van der Waals surface area contributed by atoms with Crippen molar-refractivity contribution in [1.29, 1.82) is 0 Å². The number of halogens is 1. The number of nitrogens with zero attached hydrogens (tertiary/aromatic N) is 2. The molecule has 4 nitrogen and oxygen atoms in total. The van der Waals surface area contributed by atoms with Gasteiger partial charge in [-0.1, -0.05) is 22.0 Å². The van der Waals surface area contributed by atoms with Crippen LogP contribution in [0.5, 0.6) is 0 Å². The lowest BCUT2D eigenvalue weighted by Crippen LogP contribution is -2.55. The summed E-state index contributed by atoms with van der Waals surface area (Å²) in [5.74, 6) is -0.767. The van der Waals surface area contributed by atoms with Crippen molar-refractivity contribution in [3.05, 3.63) is 28.7 Å². The van der Waals surface area contributed by atoms with Crippen LogP contribution in [0.25, 0.3) is 0 Å². The van der Waals surface area contributed by atoms with E-state index in [0.29, 0.717) is 6.54 Å². The Hall–Kier alpha value is -1.07. The monoisotopic (exact) mass is 298 g/mol. The van der Waals surface area contributed by atoms with E-state index in [-0.39, 0.29) is 0 Å². The second-order valence-corrected chi connectivity index (χ2v) is 5.21. The minimum Gasteiger partial charge on any atom is -0.480 e. The van der Waals surface area contributed by atoms with Crippen LogP contribution in [0, 0.1) is 0 Å². The summed E-state index contributed by atoms with van der Waals surface area (Å²) in [6.45, 7) is 2.18. The first-order valence-corrected chi connectivity index (χ1v) is 6.31. The van der Waals surface area contributed by atoms with Crippen molar-refractivity contribution in [2.45, 2.75) is 6.04 Å². The highest BCUT2D eigenvalue weighted by Gasteiger charge is 2.30. The molecule has 0 radical (unpaired) electrons. The van der Waals surface area contributed by atoms with Gasteiger partial charge in [-0.25, -0.2) is 4.79 Å². The van der Waals surface area contributed by atoms with Gasteiger partial charge >= 0.3 is 5.97 Å². The Kier molecular flexibility index (Phi) is 3.69. The van der Waals surface area contributed by atoms with E-state index in [4.69, 9.17) is 0 Å². The SMILES string of the molecule is CN1CCN(c2cccc(Br)c2)C(C(=O)O)C1. The molecule has 1 saturated heterocycles. The molecule has 92 valence electrons. The quantitative estimate of drug-likeness (QED) is 0.902. The predicted octanol–water partition coefficient (Wildman–Crippen LogP) is 1.65. The van der Waals surface area contributed by atoms with Crippen molar-refractivity contribution >= 4 is 27.6 Å². The van der Waals surface area contributed by atoms with E-state index in [0.717, 1.165) is 23.2 Å². The number of hydrogen-bond acceptors (Lipinski definition) is 3. The average Bonchev–Trinajstić information content (AvgIpc) is 2.28. The van der Waals surface area contributed by atoms with Crippen LogP contribution in [0.15, 0.2) is 28.7 Å². The van der Waals surface area contributed by atoms with E-state index in [9.17, 15) is 9.90 Å². The van der Waals surface area contributed by atoms with E-state index >= 15 is 0 Å². The Bertz CT molecular complexity index is 425. The number of carboxylic acid groups (broad SMARTS) is 1. The van der Waals surface area contributed by atoms with Gasteiger partial charge in [0.05, 0.1) is 0 Å². The van der Waals surface area contributed by atoms with Gasteiger partial charge in [0.15, 0.2) is 0 Å². The van der Waals surface area contributed by atoms with Gasteiger partial charge in [-0.2, -0.15) is 0 Å². The molecule has 1 aromatic carbocycles. The Morgan fingerprint density at radius 3 is 2.88 bits per heavy atom. The Morgan fingerprint density at radius 2 is 2.24 bits per heavy atom. The number of piperazine rings is 1. The molecule has 2 rings (SSSR count). The van der Waals surface area contributed by atoms with Crippen LogP contribution in [-0.4, -0.2) is 48.7 Å². The molecule has 17 heavy (non-hydrogen) atoms. The summed E-state index contributed by atoms with van der Waals surface area (Å²) in [4.78, 5) is 15.3. The van der Waals surface area contributed by atoms with Gasteiger partial charge in [-0.15, -0.1) is 0 Å². The van der Waals surface area contributed by atoms with Gasteiger partial charge in [0.25, 0.3) is 0 Å². The summed E-state index contributed by atoms with van der Waals surface area (Å²) >= 11 is 3.41. The lowest BCUT2D eigenvalue weighted by Gasteiger charge is -2.39. The van der Waals surface area contributed by atoms with E-state index in [1.807, 2.05) is 41.1 Å². The molecular formula is C12H15BrN2O2. The van der Waals surface area contributed by atoms with Crippen LogP contribution < -0.4 is 4.90 Å².